The molecule has 2 aromatic carbocycles. The Labute approximate surface area is 180 Å². The van der Waals surface area contributed by atoms with E-state index in [4.69, 9.17) is 9.97 Å². The van der Waals surface area contributed by atoms with Crippen LogP contribution >= 0.6 is 0 Å². The summed E-state index contributed by atoms with van der Waals surface area (Å²) in [5.74, 6) is 0.906. The molecule has 1 N–H and O–H groups in total. The molecule has 152 valence electrons. The summed E-state index contributed by atoms with van der Waals surface area (Å²) in [5, 5.41) is 5.94. The van der Waals surface area contributed by atoms with Gasteiger partial charge in [0, 0.05) is 24.0 Å². The summed E-state index contributed by atoms with van der Waals surface area (Å²) in [6.07, 6.45) is 5.87. The lowest BCUT2D eigenvalue weighted by Gasteiger charge is -2.25. The van der Waals surface area contributed by atoms with Crippen molar-refractivity contribution in [1.82, 2.24) is 24.8 Å². The van der Waals surface area contributed by atoms with Gasteiger partial charge >= 0.3 is 0 Å². The van der Waals surface area contributed by atoms with Crippen molar-refractivity contribution >= 4 is 21.9 Å². The van der Waals surface area contributed by atoms with Crippen molar-refractivity contribution in [3.63, 3.8) is 0 Å². The molecule has 4 heterocycles. The number of rotatable bonds is 3. The number of aromatic nitrogens is 4. The SMILES string of the molecule is c1ccc(-c2nc3c(-c4ccc5ccccc5c4)ccnc3n2C2CCNCC2)nc1. The topological polar surface area (TPSA) is 55.6 Å². The van der Waals surface area contributed by atoms with E-state index in [1.807, 2.05) is 30.6 Å². The van der Waals surface area contributed by atoms with Crippen molar-refractivity contribution in [3.8, 4) is 22.6 Å². The summed E-state index contributed by atoms with van der Waals surface area (Å²) in [6.45, 7) is 2.02. The second-order valence-electron chi connectivity index (χ2n) is 8.09. The van der Waals surface area contributed by atoms with Gasteiger partial charge in [0.25, 0.3) is 0 Å². The van der Waals surface area contributed by atoms with E-state index < -0.39 is 0 Å². The van der Waals surface area contributed by atoms with Crippen molar-refractivity contribution in [2.75, 3.05) is 13.1 Å². The van der Waals surface area contributed by atoms with Crippen molar-refractivity contribution in [2.24, 2.45) is 0 Å². The fourth-order valence-corrected chi connectivity index (χ4v) is 4.67. The fourth-order valence-electron chi connectivity index (χ4n) is 4.67. The van der Waals surface area contributed by atoms with E-state index in [9.17, 15) is 0 Å². The first-order valence-electron chi connectivity index (χ1n) is 10.9. The van der Waals surface area contributed by atoms with Crippen LogP contribution in [-0.2, 0) is 0 Å². The zero-order valence-corrected chi connectivity index (χ0v) is 17.2. The Hall–Kier alpha value is -3.57. The Morgan fingerprint density at radius 3 is 2.48 bits per heavy atom. The molecule has 0 aliphatic carbocycles. The van der Waals surface area contributed by atoms with Crippen molar-refractivity contribution in [2.45, 2.75) is 18.9 Å². The molecule has 0 amide bonds. The Bertz CT molecular complexity index is 1370. The van der Waals surface area contributed by atoms with Crippen molar-refractivity contribution in [1.29, 1.82) is 0 Å². The Kier molecular flexibility index (Phi) is 4.47. The van der Waals surface area contributed by atoms with E-state index in [1.54, 1.807) is 0 Å². The summed E-state index contributed by atoms with van der Waals surface area (Å²) in [7, 11) is 0. The number of imidazole rings is 1. The summed E-state index contributed by atoms with van der Waals surface area (Å²) in [6, 6.07) is 23.5. The van der Waals surface area contributed by atoms with Gasteiger partial charge in [0.15, 0.2) is 11.5 Å². The molecule has 1 fully saturated rings. The highest BCUT2D eigenvalue weighted by atomic mass is 15.2. The van der Waals surface area contributed by atoms with Gasteiger partial charge in [-0.3, -0.25) is 4.98 Å². The maximum Gasteiger partial charge on any atom is 0.161 e. The third-order valence-corrected chi connectivity index (χ3v) is 6.21. The first kappa shape index (κ1) is 18.2. The van der Waals surface area contributed by atoms with Gasteiger partial charge in [-0.2, -0.15) is 0 Å². The van der Waals surface area contributed by atoms with Gasteiger partial charge in [0.05, 0.1) is 0 Å². The van der Waals surface area contributed by atoms with Crippen LogP contribution in [-0.4, -0.2) is 32.6 Å². The Balaban J connectivity index is 1.59. The second kappa shape index (κ2) is 7.60. The molecule has 0 unspecified atom stereocenters. The normalized spacial score (nSPS) is 15.0. The van der Waals surface area contributed by atoms with Crippen LogP contribution in [0.15, 0.2) is 79.1 Å². The molecule has 0 saturated carbocycles. The van der Waals surface area contributed by atoms with E-state index in [1.165, 1.54) is 10.8 Å². The summed E-state index contributed by atoms with van der Waals surface area (Å²) in [5.41, 5.74) is 5.05. The van der Waals surface area contributed by atoms with Gasteiger partial charge in [0.1, 0.15) is 11.2 Å². The Morgan fingerprint density at radius 2 is 1.65 bits per heavy atom. The van der Waals surface area contributed by atoms with Crippen LogP contribution in [0.3, 0.4) is 0 Å². The number of nitrogens with zero attached hydrogens (tertiary/aromatic N) is 4. The molecule has 31 heavy (non-hydrogen) atoms. The molecule has 3 aromatic heterocycles. The van der Waals surface area contributed by atoms with E-state index in [2.05, 4.69) is 63.4 Å². The van der Waals surface area contributed by atoms with Crippen LogP contribution in [0.4, 0.5) is 0 Å². The molecular weight excluding hydrogens is 382 g/mol. The number of hydrogen-bond acceptors (Lipinski definition) is 4. The van der Waals surface area contributed by atoms with Crippen LogP contribution in [0, 0.1) is 0 Å². The lowest BCUT2D eigenvalue weighted by Crippen LogP contribution is -2.29. The minimum atomic E-state index is 0.364. The molecule has 0 atom stereocenters. The molecule has 5 aromatic rings. The van der Waals surface area contributed by atoms with Gasteiger partial charge < -0.3 is 9.88 Å². The van der Waals surface area contributed by atoms with Crippen LogP contribution in [0.5, 0.6) is 0 Å². The maximum atomic E-state index is 5.13. The minimum Gasteiger partial charge on any atom is -0.317 e. The minimum absolute atomic E-state index is 0.364. The lowest BCUT2D eigenvalue weighted by molar-refractivity contribution is 0.376. The van der Waals surface area contributed by atoms with Gasteiger partial charge in [-0.1, -0.05) is 42.5 Å². The smallest absolute Gasteiger partial charge is 0.161 e. The van der Waals surface area contributed by atoms with Gasteiger partial charge in [-0.05, 0) is 66.5 Å². The van der Waals surface area contributed by atoms with Crippen molar-refractivity contribution in [3.05, 3.63) is 79.1 Å². The predicted octanol–water partition coefficient (Wildman–Crippen LogP) is 5.24. The third-order valence-electron chi connectivity index (χ3n) is 6.21. The summed E-state index contributed by atoms with van der Waals surface area (Å²) >= 11 is 0. The van der Waals surface area contributed by atoms with Crippen LogP contribution in [0.25, 0.3) is 44.6 Å². The quantitative estimate of drug-likeness (QED) is 0.446. The average molecular weight is 406 g/mol. The number of hydrogen-bond donors (Lipinski definition) is 1. The van der Waals surface area contributed by atoms with E-state index in [-0.39, 0.29) is 0 Å². The first-order chi connectivity index (χ1) is 15.4. The van der Waals surface area contributed by atoms with Gasteiger partial charge in [0.2, 0.25) is 0 Å². The standard InChI is InChI=1S/C26H23N5/c1-2-6-19-17-20(9-8-18(19)5-1)22-12-16-29-26-24(22)30-25(23-7-3-4-13-28-23)31(26)21-10-14-27-15-11-21/h1-9,12-13,16-17,21,27H,10-11,14-15H2. The summed E-state index contributed by atoms with van der Waals surface area (Å²) in [4.78, 5) is 14.6. The largest absolute Gasteiger partial charge is 0.317 e. The fraction of sp³-hybridized carbons (Fsp3) is 0.192. The highest BCUT2D eigenvalue weighted by molar-refractivity contribution is 5.95. The van der Waals surface area contributed by atoms with Crippen molar-refractivity contribution < 1.29 is 0 Å². The highest BCUT2D eigenvalue weighted by Crippen LogP contribution is 2.35. The molecule has 1 aliphatic heterocycles. The number of fused-ring (bicyclic) bond motifs is 2. The maximum absolute atomic E-state index is 5.13. The van der Waals surface area contributed by atoms with E-state index >= 15 is 0 Å². The third kappa shape index (κ3) is 3.18. The molecule has 6 rings (SSSR count). The van der Waals surface area contributed by atoms with E-state index in [0.717, 1.165) is 59.7 Å². The predicted molar refractivity (Wildman–Crippen MR) is 125 cm³/mol. The Morgan fingerprint density at radius 1 is 0.806 bits per heavy atom. The summed E-state index contributed by atoms with van der Waals surface area (Å²) < 4.78 is 2.32. The lowest BCUT2D eigenvalue weighted by atomic mass is 10.0. The first-order valence-corrected chi connectivity index (χ1v) is 10.9. The molecule has 5 nitrogen and oxygen atoms in total. The molecule has 1 aliphatic rings. The van der Waals surface area contributed by atoms with Gasteiger partial charge in [-0.15, -0.1) is 0 Å². The van der Waals surface area contributed by atoms with Crippen LogP contribution < -0.4 is 5.32 Å². The number of pyridine rings is 2. The molecule has 0 bridgehead atoms. The number of piperidine rings is 1. The van der Waals surface area contributed by atoms with Gasteiger partial charge in [-0.25, -0.2) is 9.97 Å². The van der Waals surface area contributed by atoms with E-state index in [0.29, 0.717) is 6.04 Å². The monoisotopic (exact) mass is 405 g/mol. The molecule has 0 spiro atoms. The number of nitrogens with one attached hydrogen (secondary N) is 1. The molecule has 5 heteroatoms. The van der Waals surface area contributed by atoms with Crippen LogP contribution in [0.2, 0.25) is 0 Å². The van der Waals surface area contributed by atoms with Crippen LogP contribution in [0.1, 0.15) is 18.9 Å². The number of benzene rings is 2. The molecule has 0 radical (unpaired) electrons. The zero-order valence-electron chi connectivity index (χ0n) is 17.2. The highest BCUT2D eigenvalue weighted by Gasteiger charge is 2.24. The molecule has 1 saturated heterocycles. The average Bonchev–Trinajstić information content (AvgIpc) is 3.25. The second-order valence-corrected chi connectivity index (χ2v) is 8.09. The molecular formula is C26H23N5. The zero-order chi connectivity index (χ0) is 20.6.